The lowest BCUT2D eigenvalue weighted by Gasteiger charge is -2.21. The van der Waals surface area contributed by atoms with Gasteiger partial charge in [-0.2, -0.15) is 0 Å². The zero-order valence-electron chi connectivity index (χ0n) is 11.6. The third-order valence-corrected chi connectivity index (χ3v) is 3.42. The molecule has 4 nitrogen and oxygen atoms in total. The van der Waals surface area contributed by atoms with Crippen molar-refractivity contribution in [1.29, 1.82) is 0 Å². The fraction of sp³-hybridized carbons (Fsp3) is 0.533. The highest BCUT2D eigenvalue weighted by Gasteiger charge is 2.21. The molecule has 0 aliphatic heterocycles. The van der Waals surface area contributed by atoms with Gasteiger partial charge in [0.15, 0.2) is 0 Å². The average molecular weight is 263 g/mol. The first-order valence-corrected chi connectivity index (χ1v) is 6.70. The van der Waals surface area contributed by atoms with Gasteiger partial charge in [0.25, 0.3) is 0 Å². The molecule has 0 bridgehead atoms. The maximum absolute atomic E-state index is 11.2. The van der Waals surface area contributed by atoms with E-state index in [0.29, 0.717) is 18.7 Å². The zero-order chi connectivity index (χ0) is 13.8. The summed E-state index contributed by atoms with van der Waals surface area (Å²) in [6, 6.07) is 5.50. The largest absolute Gasteiger partial charge is 0.478 e. The monoisotopic (exact) mass is 263 g/mol. The summed E-state index contributed by atoms with van der Waals surface area (Å²) in [6.07, 6.45) is 2.58. The number of aryl methyl sites for hydroxylation is 1. The summed E-state index contributed by atoms with van der Waals surface area (Å²) in [5.74, 6) is -0.122. The van der Waals surface area contributed by atoms with Crippen LogP contribution >= 0.6 is 0 Å². The second-order valence-electron chi connectivity index (χ2n) is 5.27. The van der Waals surface area contributed by atoms with E-state index in [1.54, 1.807) is 6.07 Å². The minimum atomic E-state index is -0.885. The fourth-order valence-corrected chi connectivity index (χ4v) is 2.01. The number of hydrogen-bond donors (Lipinski definition) is 1. The molecule has 0 unspecified atom stereocenters. The van der Waals surface area contributed by atoms with Crippen molar-refractivity contribution in [3.63, 3.8) is 0 Å². The molecular weight excluding hydrogens is 242 g/mol. The van der Waals surface area contributed by atoms with Crippen LogP contribution in [0, 0.1) is 12.8 Å². The summed E-state index contributed by atoms with van der Waals surface area (Å²) >= 11 is 0. The van der Waals surface area contributed by atoms with Crippen LogP contribution in [0.5, 0.6) is 0 Å². The van der Waals surface area contributed by atoms with Gasteiger partial charge in [-0.25, -0.2) is 4.79 Å². The van der Waals surface area contributed by atoms with E-state index in [-0.39, 0.29) is 0 Å². The molecule has 2 rings (SSSR count). The first-order chi connectivity index (χ1) is 9.08. The molecule has 0 radical (unpaired) electrons. The Kier molecular flexibility index (Phi) is 4.43. The zero-order valence-corrected chi connectivity index (χ0v) is 11.6. The molecule has 1 N–H and O–H groups in total. The van der Waals surface area contributed by atoms with E-state index in [2.05, 4.69) is 0 Å². The van der Waals surface area contributed by atoms with Gasteiger partial charge in [0, 0.05) is 20.2 Å². The maximum atomic E-state index is 11.2. The first-order valence-electron chi connectivity index (χ1n) is 6.70. The summed E-state index contributed by atoms with van der Waals surface area (Å²) in [4.78, 5) is 13.2. The lowest BCUT2D eigenvalue weighted by atomic mass is 10.1. The van der Waals surface area contributed by atoms with Gasteiger partial charge in [-0.3, -0.25) is 0 Å². The number of benzene rings is 1. The van der Waals surface area contributed by atoms with Gasteiger partial charge in [-0.05, 0) is 37.8 Å². The normalized spacial score (nSPS) is 14.4. The van der Waals surface area contributed by atoms with E-state index < -0.39 is 5.97 Å². The topological polar surface area (TPSA) is 49.8 Å². The molecule has 104 valence electrons. The molecule has 1 aliphatic rings. The third-order valence-electron chi connectivity index (χ3n) is 3.42. The van der Waals surface area contributed by atoms with Gasteiger partial charge in [0.1, 0.15) is 0 Å². The molecule has 1 fully saturated rings. The van der Waals surface area contributed by atoms with E-state index >= 15 is 0 Å². The second-order valence-corrected chi connectivity index (χ2v) is 5.27. The van der Waals surface area contributed by atoms with Crippen molar-refractivity contribution >= 4 is 11.7 Å². The minimum absolute atomic E-state index is 0.352. The molecule has 1 aliphatic carbocycles. The van der Waals surface area contributed by atoms with E-state index in [4.69, 9.17) is 4.74 Å². The number of anilines is 1. The smallest absolute Gasteiger partial charge is 0.337 e. The van der Waals surface area contributed by atoms with Crippen LogP contribution in [0.4, 0.5) is 5.69 Å². The van der Waals surface area contributed by atoms with E-state index in [1.807, 2.05) is 31.0 Å². The lowest BCUT2D eigenvalue weighted by molar-refractivity contribution is 0.0697. The molecule has 19 heavy (non-hydrogen) atoms. The number of carboxylic acids is 1. The van der Waals surface area contributed by atoms with E-state index in [0.717, 1.165) is 23.8 Å². The molecule has 1 saturated carbocycles. The Morgan fingerprint density at radius 1 is 1.47 bits per heavy atom. The number of aromatic carboxylic acids is 1. The first kappa shape index (κ1) is 13.9. The van der Waals surface area contributed by atoms with Gasteiger partial charge in [0.05, 0.1) is 17.9 Å². The van der Waals surface area contributed by atoms with Gasteiger partial charge in [-0.1, -0.05) is 11.6 Å². The minimum Gasteiger partial charge on any atom is -0.478 e. The Labute approximate surface area is 114 Å². The van der Waals surface area contributed by atoms with Crippen molar-refractivity contribution < 1.29 is 14.6 Å². The van der Waals surface area contributed by atoms with Crippen LogP contribution in [0.1, 0.15) is 28.8 Å². The molecule has 4 heteroatoms. The number of likely N-dealkylation sites (N-methyl/N-ethyl adjacent to an activating group) is 1. The van der Waals surface area contributed by atoms with Crippen molar-refractivity contribution in [1.82, 2.24) is 0 Å². The Morgan fingerprint density at radius 2 is 2.21 bits per heavy atom. The number of carboxylic acid groups (broad SMARTS) is 1. The van der Waals surface area contributed by atoms with Gasteiger partial charge < -0.3 is 14.7 Å². The highest BCUT2D eigenvalue weighted by atomic mass is 16.5. The molecule has 0 spiro atoms. The molecule has 0 amide bonds. The molecule has 1 aromatic carbocycles. The molecule has 0 saturated heterocycles. The Morgan fingerprint density at radius 3 is 2.84 bits per heavy atom. The summed E-state index contributed by atoms with van der Waals surface area (Å²) in [7, 11) is 1.90. The highest BCUT2D eigenvalue weighted by Crippen LogP contribution is 2.28. The predicted octanol–water partition coefficient (Wildman–Crippen LogP) is 2.56. The van der Waals surface area contributed by atoms with Crippen molar-refractivity contribution in [2.24, 2.45) is 5.92 Å². The van der Waals surface area contributed by atoms with Crippen LogP contribution < -0.4 is 4.90 Å². The summed E-state index contributed by atoms with van der Waals surface area (Å²) in [5.41, 5.74) is 2.05. The lowest BCUT2D eigenvalue weighted by Crippen LogP contribution is -2.25. The number of carbonyl (C=O) groups is 1. The van der Waals surface area contributed by atoms with Gasteiger partial charge in [-0.15, -0.1) is 0 Å². The summed E-state index contributed by atoms with van der Waals surface area (Å²) < 4.78 is 5.58. The van der Waals surface area contributed by atoms with Crippen molar-refractivity contribution in [3.8, 4) is 0 Å². The standard InChI is InChI=1S/C15H21NO3/c1-11-3-6-14(13(9-11)15(17)18)16(2)7-8-19-10-12-4-5-12/h3,6,9,12H,4-5,7-8,10H2,1-2H3,(H,17,18). The Bertz CT molecular complexity index is 455. The molecule has 0 atom stereocenters. The van der Waals surface area contributed by atoms with Crippen LogP contribution in [0.15, 0.2) is 18.2 Å². The third kappa shape index (κ3) is 3.96. The van der Waals surface area contributed by atoms with Crippen LogP contribution in [-0.2, 0) is 4.74 Å². The van der Waals surface area contributed by atoms with Crippen LogP contribution in [0.25, 0.3) is 0 Å². The van der Waals surface area contributed by atoms with Crippen LogP contribution in [0.3, 0.4) is 0 Å². The SMILES string of the molecule is Cc1ccc(N(C)CCOCC2CC2)c(C(=O)O)c1. The predicted molar refractivity (Wildman–Crippen MR) is 75.0 cm³/mol. The van der Waals surface area contributed by atoms with Gasteiger partial charge >= 0.3 is 5.97 Å². The van der Waals surface area contributed by atoms with Crippen LogP contribution in [-0.4, -0.2) is 37.9 Å². The highest BCUT2D eigenvalue weighted by molar-refractivity contribution is 5.94. The van der Waals surface area contributed by atoms with Crippen LogP contribution in [0.2, 0.25) is 0 Å². The van der Waals surface area contributed by atoms with E-state index in [1.165, 1.54) is 12.8 Å². The molecule has 0 heterocycles. The molecular formula is C15H21NO3. The number of hydrogen-bond acceptors (Lipinski definition) is 3. The Hall–Kier alpha value is -1.55. The van der Waals surface area contributed by atoms with Crippen molar-refractivity contribution in [3.05, 3.63) is 29.3 Å². The summed E-state index contributed by atoms with van der Waals surface area (Å²) in [5, 5.41) is 9.23. The number of nitrogens with zero attached hydrogens (tertiary/aromatic N) is 1. The number of rotatable bonds is 7. The fourth-order valence-electron chi connectivity index (χ4n) is 2.01. The quantitative estimate of drug-likeness (QED) is 0.768. The van der Waals surface area contributed by atoms with Gasteiger partial charge in [0.2, 0.25) is 0 Å². The average Bonchev–Trinajstić information content (AvgIpc) is 3.18. The number of ether oxygens (including phenoxy) is 1. The molecule has 1 aromatic rings. The second kappa shape index (κ2) is 6.06. The van der Waals surface area contributed by atoms with Crippen molar-refractivity contribution in [2.45, 2.75) is 19.8 Å². The van der Waals surface area contributed by atoms with E-state index in [9.17, 15) is 9.90 Å². The Balaban J connectivity index is 1.92. The van der Waals surface area contributed by atoms with Crippen molar-refractivity contribution in [2.75, 3.05) is 31.7 Å². The molecule has 0 aromatic heterocycles. The maximum Gasteiger partial charge on any atom is 0.337 e. The summed E-state index contributed by atoms with van der Waals surface area (Å²) in [6.45, 7) is 4.08.